The van der Waals surface area contributed by atoms with E-state index in [0.717, 1.165) is 17.7 Å². The van der Waals surface area contributed by atoms with Crippen molar-refractivity contribution in [2.45, 2.75) is 19.9 Å². The van der Waals surface area contributed by atoms with Crippen LogP contribution in [0.15, 0.2) is 42.7 Å². The maximum atomic E-state index is 12.0. The fourth-order valence-electron chi connectivity index (χ4n) is 2.18. The Hall–Kier alpha value is -2.34. The molecule has 0 aliphatic heterocycles. The molecule has 118 valence electrons. The lowest BCUT2D eigenvalue weighted by Crippen LogP contribution is -2.41. The van der Waals surface area contributed by atoms with E-state index < -0.39 is 0 Å². The van der Waals surface area contributed by atoms with Crippen molar-refractivity contribution in [3.8, 4) is 5.69 Å². The van der Waals surface area contributed by atoms with Gasteiger partial charge in [0.1, 0.15) is 0 Å². The van der Waals surface area contributed by atoms with Crippen molar-refractivity contribution < 1.29 is 9.90 Å². The number of carbonyl (C=O) groups excluding carboxylic acids is 1. The van der Waals surface area contributed by atoms with Gasteiger partial charge in [-0.3, -0.25) is 0 Å². The first-order valence-electron chi connectivity index (χ1n) is 7.47. The number of carbonyl (C=O) groups is 1. The van der Waals surface area contributed by atoms with E-state index in [2.05, 4.69) is 10.4 Å². The Kier molecular flexibility index (Phi) is 5.97. The van der Waals surface area contributed by atoms with Gasteiger partial charge in [-0.15, -0.1) is 0 Å². The number of nitrogens with zero attached hydrogens (tertiary/aromatic N) is 3. The van der Waals surface area contributed by atoms with Crippen LogP contribution < -0.4 is 5.32 Å². The zero-order valence-corrected chi connectivity index (χ0v) is 12.8. The topological polar surface area (TPSA) is 70.4 Å². The lowest BCUT2D eigenvalue weighted by atomic mass is 10.2. The third-order valence-corrected chi connectivity index (χ3v) is 3.30. The Morgan fingerprint density at radius 1 is 1.32 bits per heavy atom. The summed E-state index contributed by atoms with van der Waals surface area (Å²) >= 11 is 0. The molecule has 6 nitrogen and oxygen atoms in total. The van der Waals surface area contributed by atoms with E-state index in [1.165, 1.54) is 0 Å². The van der Waals surface area contributed by atoms with Crippen molar-refractivity contribution in [1.82, 2.24) is 20.0 Å². The molecule has 0 radical (unpaired) electrons. The molecule has 0 unspecified atom stereocenters. The maximum Gasteiger partial charge on any atom is 0.317 e. The van der Waals surface area contributed by atoms with Crippen LogP contribution in [0.4, 0.5) is 4.79 Å². The molecule has 1 heterocycles. The molecule has 2 rings (SSSR count). The molecular weight excluding hydrogens is 280 g/mol. The quantitative estimate of drug-likeness (QED) is 0.819. The Morgan fingerprint density at radius 3 is 2.68 bits per heavy atom. The molecule has 0 bridgehead atoms. The molecule has 2 N–H and O–H groups in total. The number of aromatic nitrogens is 2. The largest absolute Gasteiger partial charge is 0.395 e. The highest BCUT2D eigenvalue weighted by atomic mass is 16.3. The Labute approximate surface area is 130 Å². The summed E-state index contributed by atoms with van der Waals surface area (Å²) in [6, 6.07) is 9.59. The highest BCUT2D eigenvalue weighted by Gasteiger charge is 2.11. The van der Waals surface area contributed by atoms with Gasteiger partial charge in [-0.05, 0) is 30.2 Å². The number of amides is 2. The van der Waals surface area contributed by atoms with E-state index in [4.69, 9.17) is 5.11 Å². The molecule has 2 amide bonds. The highest BCUT2D eigenvalue weighted by molar-refractivity contribution is 5.74. The first-order valence-corrected chi connectivity index (χ1v) is 7.47. The van der Waals surface area contributed by atoms with Crippen molar-refractivity contribution in [2.24, 2.45) is 0 Å². The lowest BCUT2D eigenvalue weighted by Gasteiger charge is -2.21. The monoisotopic (exact) mass is 302 g/mol. The average Bonchev–Trinajstić information content (AvgIpc) is 3.07. The number of rotatable bonds is 7. The van der Waals surface area contributed by atoms with E-state index in [1.807, 2.05) is 43.5 Å². The minimum Gasteiger partial charge on any atom is -0.395 e. The molecule has 6 heteroatoms. The average molecular weight is 302 g/mol. The molecule has 0 spiro atoms. The number of benzene rings is 1. The van der Waals surface area contributed by atoms with Crippen LogP contribution in [0.5, 0.6) is 0 Å². The van der Waals surface area contributed by atoms with Crippen molar-refractivity contribution in [1.29, 1.82) is 0 Å². The Morgan fingerprint density at radius 2 is 2.09 bits per heavy atom. The number of aliphatic hydroxyl groups is 1. The molecule has 0 saturated carbocycles. The second kappa shape index (κ2) is 8.19. The SMILES string of the molecule is CCCN(CCO)C(=O)NCc1ccc(-n2cccn2)cc1. The van der Waals surface area contributed by atoms with Gasteiger partial charge in [0, 0.05) is 32.0 Å². The van der Waals surface area contributed by atoms with Crippen LogP contribution in [0, 0.1) is 0 Å². The summed E-state index contributed by atoms with van der Waals surface area (Å²) in [5, 5.41) is 16.0. The highest BCUT2D eigenvalue weighted by Crippen LogP contribution is 2.08. The Bertz CT molecular complexity index is 560. The summed E-state index contributed by atoms with van der Waals surface area (Å²) in [6.07, 6.45) is 4.48. The first-order chi connectivity index (χ1) is 10.7. The smallest absolute Gasteiger partial charge is 0.317 e. The van der Waals surface area contributed by atoms with Crippen molar-refractivity contribution in [3.63, 3.8) is 0 Å². The van der Waals surface area contributed by atoms with E-state index >= 15 is 0 Å². The van der Waals surface area contributed by atoms with Gasteiger partial charge in [-0.25, -0.2) is 9.48 Å². The van der Waals surface area contributed by atoms with Crippen LogP contribution in [0.3, 0.4) is 0 Å². The second-order valence-corrected chi connectivity index (χ2v) is 4.99. The van der Waals surface area contributed by atoms with E-state index in [9.17, 15) is 4.79 Å². The zero-order chi connectivity index (χ0) is 15.8. The van der Waals surface area contributed by atoms with E-state index in [-0.39, 0.29) is 12.6 Å². The van der Waals surface area contributed by atoms with Crippen LogP contribution in [-0.2, 0) is 6.54 Å². The molecule has 0 aliphatic carbocycles. The lowest BCUT2D eigenvalue weighted by molar-refractivity contribution is 0.177. The van der Waals surface area contributed by atoms with Crippen LogP contribution in [0.1, 0.15) is 18.9 Å². The minimum absolute atomic E-state index is 0.0218. The summed E-state index contributed by atoms with van der Waals surface area (Å²) < 4.78 is 1.78. The van der Waals surface area contributed by atoms with Gasteiger partial charge in [0.15, 0.2) is 0 Å². The van der Waals surface area contributed by atoms with Crippen LogP contribution in [0.2, 0.25) is 0 Å². The number of hydrogen-bond donors (Lipinski definition) is 2. The van der Waals surface area contributed by atoms with Gasteiger partial charge in [-0.1, -0.05) is 19.1 Å². The third-order valence-electron chi connectivity index (χ3n) is 3.30. The maximum absolute atomic E-state index is 12.0. The molecule has 1 aromatic carbocycles. The van der Waals surface area contributed by atoms with Gasteiger partial charge in [0.05, 0.1) is 12.3 Å². The van der Waals surface area contributed by atoms with E-state index in [1.54, 1.807) is 15.8 Å². The molecular formula is C16H22N4O2. The summed E-state index contributed by atoms with van der Waals surface area (Å²) in [6.45, 7) is 3.45. The van der Waals surface area contributed by atoms with Crippen LogP contribution in [-0.4, -0.2) is 45.5 Å². The molecule has 22 heavy (non-hydrogen) atoms. The number of nitrogens with one attached hydrogen (secondary N) is 1. The first kappa shape index (κ1) is 16.0. The number of aliphatic hydroxyl groups excluding tert-OH is 1. The normalized spacial score (nSPS) is 10.5. The standard InChI is InChI=1S/C16H22N4O2/c1-2-9-19(11-12-21)16(22)17-13-14-4-6-15(7-5-14)20-10-3-8-18-20/h3-8,10,21H,2,9,11-13H2,1H3,(H,17,22). The predicted molar refractivity (Wildman–Crippen MR) is 84.7 cm³/mol. The fraction of sp³-hybridized carbons (Fsp3) is 0.375. The summed E-state index contributed by atoms with van der Waals surface area (Å²) in [7, 11) is 0. The Balaban J connectivity index is 1.89. The predicted octanol–water partition coefficient (Wildman–Crippen LogP) is 1.79. The van der Waals surface area contributed by atoms with Gasteiger partial charge in [-0.2, -0.15) is 5.10 Å². The summed E-state index contributed by atoms with van der Waals surface area (Å²) in [5.41, 5.74) is 2.00. The number of urea groups is 1. The molecule has 0 saturated heterocycles. The van der Waals surface area contributed by atoms with Crippen molar-refractivity contribution in [3.05, 3.63) is 48.3 Å². The molecule has 0 atom stereocenters. The molecule has 0 fully saturated rings. The number of hydrogen-bond acceptors (Lipinski definition) is 3. The van der Waals surface area contributed by atoms with Crippen molar-refractivity contribution >= 4 is 6.03 Å². The van der Waals surface area contributed by atoms with Gasteiger partial charge in [0.2, 0.25) is 0 Å². The van der Waals surface area contributed by atoms with E-state index in [0.29, 0.717) is 19.6 Å². The van der Waals surface area contributed by atoms with Gasteiger partial charge < -0.3 is 15.3 Å². The summed E-state index contributed by atoms with van der Waals surface area (Å²) in [4.78, 5) is 13.7. The van der Waals surface area contributed by atoms with Gasteiger partial charge in [0.25, 0.3) is 0 Å². The fourth-order valence-corrected chi connectivity index (χ4v) is 2.18. The molecule has 0 aliphatic rings. The minimum atomic E-state index is -0.146. The zero-order valence-electron chi connectivity index (χ0n) is 12.8. The molecule has 2 aromatic rings. The molecule has 1 aromatic heterocycles. The van der Waals surface area contributed by atoms with Crippen LogP contribution >= 0.6 is 0 Å². The summed E-state index contributed by atoms with van der Waals surface area (Å²) in [5.74, 6) is 0. The van der Waals surface area contributed by atoms with Gasteiger partial charge >= 0.3 is 6.03 Å². The van der Waals surface area contributed by atoms with Crippen LogP contribution in [0.25, 0.3) is 5.69 Å². The van der Waals surface area contributed by atoms with Crippen molar-refractivity contribution in [2.75, 3.05) is 19.7 Å². The third kappa shape index (κ3) is 4.33. The second-order valence-electron chi connectivity index (χ2n) is 4.99.